The van der Waals surface area contributed by atoms with Crippen LogP contribution in [0.1, 0.15) is 37.2 Å². The number of ether oxygens (including phenoxy) is 1. The number of nitrogens with zero attached hydrogens (tertiary/aromatic N) is 3. The molecule has 0 bridgehead atoms. The Bertz CT molecular complexity index is 1690. The van der Waals surface area contributed by atoms with Gasteiger partial charge in [-0.25, -0.2) is 17.9 Å². The van der Waals surface area contributed by atoms with E-state index in [1.165, 1.54) is 6.42 Å². The van der Waals surface area contributed by atoms with Crippen LogP contribution in [0.4, 0.5) is 10.5 Å². The molecule has 10 nitrogen and oxygen atoms in total. The molecule has 2 fully saturated rings. The van der Waals surface area contributed by atoms with Crippen molar-refractivity contribution in [3.05, 3.63) is 84.1 Å². The molecule has 3 aromatic rings. The number of carbonyl (C=O) groups excluding carboxylic acids is 2. The lowest BCUT2D eigenvalue weighted by atomic mass is 9.80. The number of urea groups is 1. The van der Waals surface area contributed by atoms with E-state index in [1.54, 1.807) is 77.7 Å². The summed E-state index contributed by atoms with van der Waals surface area (Å²) in [5.74, 6) is 1.09. The highest BCUT2D eigenvalue weighted by atomic mass is 32.2. The molecule has 1 aliphatic heterocycles. The average molecular weight is 602 g/mol. The van der Waals surface area contributed by atoms with Crippen LogP contribution in [0.2, 0.25) is 0 Å². The molecule has 2 aliphatic carbocycles. The quantitative estimate of drug-likeness (QED) is 0.414. The Labute approximate surface area is 251 Å². The number of hydrogen-bond acceptors (Lipinski definition) is 6. The highest BCUT2D eigenvalue weighted by Crippen LogP contribution is 2.37. The molecule has 3 amide bonds. The van der Waals surface area contributed by atoms with Gasteiger partial charge in [0, 0.05) is 55.1 Å². The van der Waals surface area contributed by atoms with Crippen LogP contribution in [0, 0.1) is 0 Å². The van der Waals surface area contributed by atoms with Gasteiger partial charge >= 0.3 is 6.03 Å². The number of piperazine rings is 1. The minimum atomic E-state index is -3.85. The van der Waals surface area contributed by atoms with Crippen molar-refractivity contribution in [1.82, 2.24) is 19.5 Å². The molecule has 1 saturated carbocycles. The first-order valence-corrected chi connectivity index (χ1v) is 16.1. The summed E-state index contributed by atoms with van der Waals surface area (Å²) >= 11 is 0. The Hall–Kier alpha value is -4.22. The zero-order valence-electron chi connectivity index (χ0n) is 24.0. The van der Waals surface area contributed by atoms with Crippen molar-refractivity contribution in [2.45, 2.75) is 42.5 Å². The number of carbonyl (C=O) groups is 2. The Morgan fingerprint density at radius 3 is 2.40 bits per heavy atom. The third-order valence-corrected chi connectivity index (χ3v) is 9.93. The number of hydrogen-bond donors (Lipinski definition) is 2. The second-order valence-corrected chi connectivity index (χ2v) is 12.8. The molecule has 2 heterocycles. The molecule has 2 N–H and O–H groups in total. The highest BCUT2D eigenvalue weighted by Gasteiger charge is 2.28. The topological polar surface area (TPSA) is 121 Å². The third-order valence-electron chi connectivity index (χ3n) is 8.41. The Kier molecular flexibility index (Phi) is 8.18. The zero-order chi connectivity index (χ0) is 30.0. The fourth-order valence-electron chi connectivity index (χ4n) is 5.63. The lowest BCUT2D eigenvalue weighted by molar-refractivity contribution is -0.128. The third kappa shape index (κ3) is 6.28. The van der Waals surface area contributed by atoms with Crippen LogP contribution in [0.25, 0.3) is 10.9 Å². The van der Waals surface area contributed by atoms with Gasteiger partial charge in [-0.05, 0) is 67.1 Å². The normalized spacial score (nSPS) is 19.1. The molecule has 1 unspecified atom stereocenters. The second kappa shape index (κ2) is 12.2. The number of nitrogens with one attached hydrogen (secondary N) is 2. The van der Waals surface area contributed by atoms with E-state index in [4.69, 9.17) is 4.74 Å². The molecule has 1 aromatic heterocycles. The summed E-state index contributed by atoms with van der Waals surface area (Å²) in [6.45, 7) is 1.64. The van der Waals surface area contributed by atoms with E-state index in [2.05, 4.69) is 21.1 Å². The molecule has 43 heavy (non-hydrogen) atoms. The van der Waals surface area contributed by atoms with Gasteiger partial charge in [0.1, 0.15) is 10.6 Å². The number of methoxy groups -OCH3 is 1. The lowest BCUT2D eigenvalue weighted by Gasteiger charge is -2.35. The lowest BCUT2D eigenvalue weighted by Crippen LogP contribution is -2.52. The number of amides is 3. The van der Waals surface area contributed by atoms with Crippen molar-refractivity contribution in [3.63, 3.8) is 0 Å². The SMILES string of the molecule is COc1ccc(NC(=O)N2CCN(C(=O)C3=CCC(NS(=O)(=O)c4cccc5cc(C6CCC6)cnc45)C=C3)CC2)cc1. The van der Waals surface area contributed by atoms with E-state index < -0.39 is 16.1 Å². The molecular formula is C32H35N5O5S. The molecule has 1 saturated heterocycles. The number of anilines is 1. The number of para-hydroxylation sites is 1. The molecular weight excluding hydrogens is 566 g/mol. The van der Waals surface area contributed by atoms with Crippen molar-refractivity contribution in [2.24, 2.45) is 0 Å². The van der Waals surface area contributed by atoms with Gasteiger partial charge in [0.2, 0.25) is 10.0 Å². The van der Waals surface area contributed by atoms with Crippen molar-refractivity contribution in [3.8, 4) is 5.75 Å². The molecule has 11 heteroatoms. The molecule has 0 radical (unpaired) electrons. The first-order chi connectivity index (χ1) is 20.8. The van der Waals surface area contributed by atoms with Crippen LogP contribution in [-0.2, 0) is 14.8 Å². The van der Waals surface area contributed by atoms with E-state index in [0.717, 1.165) is 23.8 Å². The number of aromatic nitrogens is 1. The predicted molar refractivity (Wildman–Crippen MR) is 164 cm³/mol. The Morgan fingerprint density at radius 2 is 1.74 bits per heavy atom. The number of rotatable bonds is 7. The molecule has 6 rings (SSSR count). The maximum Gasteiger partial charge on any atom is 0.321 e. The van der Waals surface area contributed by atoms with Crippen LogP contribution >= 0.6 is 0 Å². The van der Waals surface area contributed by atoms with Gasteiger partial charge in [-0.3, -0.25) is 9.78 Å². The molecule has 224 valence electrons. The highest BCUT2D eigenvalue weighted by molar-refractivity contribution is 7.89. The van der Waals surface area contributed by atoms with Gasteiger partial charge in [0.15, 0.2) is 0 Å². The van der Waals surface area contributed by atoms with E-state index in [0.29, 0.717) is 61.0 Å². The van der Waals surface area contributed by atoms with Crippen LogP contribution < -0.4 is 14.8 Å². The van der Waals surface area contributed by atoms with E-state index in [9.17, 15) is 18.0 Å². The van der Waals surface area contributed by atoms with Gasteiger partial charge in [0.05, 0.1) is 12.6 Å². The van der Waals surface area contributed by atoms with Crippen LogP contribution in [0.5, 0.6) is 5.75 Å². The summed E-state index contributed by atoms with van der Waals surface area (Å²) in [6.07, 6.45) is 10.8. The second-order valence-electron chi connectivity index (χ2n) is 11.1. The van der Waals surface area contributed by atoms with E-state index in [-0.39, 0.29) is 16.8 Å². The van der Waals surface area contributed by atoms with Crippen molar-refractivity contribution in [2.75, 3.05) is 38.6 Å². The Balaban J connectivity index is 1.02. The maximum absolute atomic E-state index is 13.4. The molecule has 3 aliphatic rings. The van der Waals surface area contributed by atoms with Crippen LogP contribution in [0.15, 0.2) is 83.4 Å². The smallest absolute Gasteiger partial charge is 0.321 e. The van der Waals surface area contributed by atoms with Crippen LogP contribution in [0.3, 0.4) is 0 Å². The number of benzene rings is 2. The van der Waals surface area contributed by atoms with Crippen LogP contribution in [-0.4, -0.2) is 74.5 Å². The van der Waals surface area contributed by atoms with Crippen molar-refractivity contribution >= 4 is 38.6 Å². The summed E-state index contributed by atoms with van der Waals surface area (Å²) in [5, 5.41) is 3.69. The minimum absolute atomic E-state index is 0.131. The predicted octanol–water partition coefficient (Wildman–Crippen LogP) is 4.42. The monoisotopic (exact) mass is 601 g/mol. The maximum atomic E-state index is 13.4. The number of sulfonamides is 1. The van der Waals surface area contributed by atoms with Crippen molar-refractivity contribution in [1.29, 1.82) is 0 Å². The zero-order valence-corrected chi connectivity index (χ0v) is 24.8. The van der Waals surface area contributed by atoms with Gasteiger partial charge in [-0.2, -0.15) is 0 Å². The van der Waals surface area contributed by atoms with Gasteiger partial charge in [0.25, 0.3) is 5.91 Å². The van der Waals surface area contributed by atoms with Gasteiger partial charge in [-0.15, -0.1) is 0 Å². The number of pyridine rings is 1. The van der Waals surface area contributed by atoms with Gasteiger partial charge < -0.3 is 19.9 Å². The molecule has 1 atom stereocenters. The fourth-order valence-corrected chi connectivity index (χ4v) is 7.02. The fraction of sp³-hybridized carbons (Fsp3) is 0.344. The Morgan fingerprint density at radius 1 is 1.00 bits per heavy atom. The first-order valence-electron chi connectivity index (χ1n) is 14.6. The van der Waals surface area contributed by atoms with E-state index >= 15 is 0 Å². The minimum Gasteiger partial charge on any atom is -0.497 e. The standard InChI is InChI=1S/C32H35N5O5S/c1-42-28-14-12-26(13-15-28)34-32(39)37-18-16-36(17-19-37)31(38)23-8-10-27(11-9-23)35-43(40,41)29-7-3-6-24-20-25(21-33-30(24)29)22-4-2-5-22/h3,6-10,12-15,20-22,27,35H,2,4-5,11,16-19H2,1H3,(H,34,39). The first kappa shape index (κ1) is 28.9. The average Bonchev–Trinajstić information content (AvgIpc) is 3.00. The largest absolute Gasteiger partial charge is 0.497 e. The summed E-state index contributed by atoms with van der Waals surface area (Å²) in [6, 6.07) is 13.7. The number of fused-ring (bicyclic) bond motifs is 1. The van der Waals surface area contributed by atoms with Gasteiger partial charge in [-0.1, -0.05) is 36.8 Å². The summed E-state index contributed by atoms with van der Waals surface area (Å²) in [5.41, 5.74) is 2.81. The summed E-state index contributed by atoms with van der Waals surface area (Å²) in [4.78, 5) is 33.9. The molecule has 2 aromatic carbocycles. The summed E-state index contributed by atoms with van der Waals surface area (Å²) in [7, 11) is -2.26. The summed E-state index contributed by atoms with van der Waals surface area (Å²) < 4.78 is 34.6. The van der Waals surface area contributed by atoms with Crippen molar-refractivity contribution < 1.29 is 22.7 Å². The van der Waals surface area contributed by atoms with E-state index in [1.807, 2.05) is 6.07 Å². The molecule has 0 spiro atoms.